The van der Waals surface area contributed by atoms with E-state index in [0.29, 0.717) is 17.9 Å². The lowest BCUT2D eigenvalue weighted by atomic mass is 9.72. The lowest BCUT2D eigenvalue weighted by Gasteiger charge is -2.40. The third kappa shape index (κ3) is 11.7. The lowest BCUT2D eigenvalue weighted by Crippen LogP contribution is -2.44. The van der Waals surface area contributed by atoms with Gasteiger partial charge in [-0.3, -0.25) is 9.59 Å². The summed E-state index contributed by atoms with van der Waals surface area (Å²) in [5, 5.41) is 13.2. The molecule has 0 bridgehead atoms. The molecule has 0 atom stereocenters. The summed E-state index contributed by atoms with van der Waals surface area (Å²) in [6.45, 7) is 2.47. The van der Waals surface area contributed by atoms with Crippen LogP contribution in [0.5, 0.6) is 5.75 Å². The monoisotopic (exact) mass is 733 g/mol. The second-order valence-corrected chi connectivity index (χ2v) is 18.1. The fourth-order valence-corrected chi connectivity index (χ4v) is 10.5. The summed E-state index contributed by atoms with van der Waals surface area (Å²) in [5.41, 5.74) is 1.35. The van der Waals surface area contributed by atoms with Crippen LogP contribution in [0.15, 0.2) is 47.4 Å². The van der Waals surface area contributed by atoms with Crippen LogP contribution in [0.3, 0.4) is 0 Å². The first-order valence-corrected chi connectivity index (χ1v) is 21.3. The van der Waals surface area contributed by atoms with Gasteiger partial charge in [0.2, 0.25) is 0 Å². The second-order valence-electron chi connectivity index (χ2n) is 13.6. The molecule has 14 heteroatoms. The lowest BCUT2D eigenvalue weighted by molar-refractivity contribution is -0.136. The number of sulfone groups is 2. The molecule has 0 aliphatic heterocycles. The summed E-state index contributed by atoms with van der Waals surface area (Å²) in [4.78, 5) is 38.8. The average Bonchev–Trinajstić information content (AvgIpc) is 3.07. The summed E-state index contributed by atoms with van der Waals surface area (Å²) in [6.07, 6.45) is 12.2. The number of amides is 3. The van der Waals surface area contributed by atoms with E-state index in [4.69, 9.17) is 9.84 Å². The predicted octanol–water partition coefficient (Wildman–Crippen LogP) is 6.02. The molecule has 276 valence electrons. The van der Waals surface area contributed by atoms with Gasteiger partial charge in [0, 0.05) is 36.6 Å². The maximum Gasteiger partial charge on any atom is 0.322 e. The number of urea groups is 1. The van der Waals surface area contributed by atoms with Gasteiger partial charge in [-0.2, -0.15) is 0 Å². The van der Waals surface area contributed by atoms with E-state index >= 15 is 0 Å². The van der Waals surface area contributed by atoms with Gasteiger partial charge >= 0.3 is 12.0 Å². The van der Waals surface area contributed by atoms with E-state index in [1.165, 1.54) is 44.2 Å². The molecule has 2 fully saturated rings. The van der Waals surface area contributed by atoms with Crippen molar-refractivity contribution in [2.24, 2.45) is 11.8 Å². The predicted molar refractivity (Wildman–Crippen MR) is 192 cm³/mol. The number of carboxylic acid groups (broad SMARTS) is 1. The molecule has 0 heterocycles. The maximum absolute atomic E-state index is 14.1. The van der Waals surface area contributed by atoms with E-state index in [1.54, 1.807) is 35.2 Å². The van der Waals surface area contributed by atoms with Crippen molar-refractivity contribution in [2.45, 2.75) is 101 Å². The molecule has 4 rings (SSSR count). The Labute approximate surface area is 296 Å². The van der Waals surface area contributed by atoms with Gasteiger partial charge < -0.3 is 25.4 Å². The second kappa shape index (κ2) is 18.0. The van der Waals surface area contributed by atoms with Crippen molar-refractivity contribution in [3.05, 3.63) is 53.6 Å². The van der Waals surface area contributed by atoms with Crippen molar-refractivity contribution in [3.8, 4) is 5.75 Å². The molecule has 2 saturated carbocycles. The third-order valence-electron chi connectivity index (χ3n) is 9.61. The fourth-order valence-electron chi connectivity index (χ4n) is 7.02. The number of unbranched alkanes of at least 4 members (excludes halogenated alkanes) is 1. The number of hydrogen-bond acceptors (Lipinski definition) is 8. The zero-order valence-electron chi connectivity index (χ0n) is 29.1. The Bertz CT molecular complexity index is 1680. The highest BCUT2D eigenvalue weighted by Crippen LogP contribution is 2.40. The van der Waals surface area contributed by atoms with E-state index in [2.05, 4.69) is 10.6 Å². The summed E-state index contributed by atoms with van der Waals surface area (Å²) >= 11 is 0. The van der Waals surface area contributed by atoms with E-state index in [1.807, 2.05) is 6.92 Å². The highest BCUT2D eigenvalue weighted by Gasteiger charge is 2.33. The molecule has 0 spiro atoms. The van der Waals surface area contributed by atoms with Crippen molar-refractivity contribution < 1.29 is 41.1 Å². The summed E-state index contributed by atoms with van der Waals surface area (Å²) in [6, 6.07) is 10.6. The average molecular weight is 734 g/mol. The molecular formula is C36H51N3O9S2. The molecule has 0 saturated heterocycles. The number of anilines is 1. The SMILES string of the molecule is CCCCOc1ccc(NC(=O)N(Cc2ccc(C(=O)NCCC(=O)O)cc2)C2CCC(C3CCCCC3)CC2)cc1S(=O)(=O)CS(C)(=O)=O. The summed E-state index contributed by atoms with van der Waals surface area (Å²) < 4.78 is 56.2. The molecule has 2 aliphatic carbocycles. The number of carbonyl (C=O) groups excluding carboxylic acids is 2. The van der Waals surface area contributed by atoms with Crippen LogP contribution in [0.4, 0.5) is 10.5 Å². The molecule has 2 aromatic rings. The molecule has 2 aromatic carbocycles. The molecule has 0 unspecified atom stereocenters. The fraction of sp³-hybridized carbons (Fsp3) is 0.583. The van der Waals surface area contributed by atoms with Gasteiger partial charge in [0.25, 0.3) is 5.91 Å². The topological polar surface area (TPSA) is 176 Å². The number of nitrogens with zero attached hydrogens (tertiary/aromatic N) is 1. The van der Waals surface area contributed by atoms with Gasteiger partial charge in [0.05, 0.1) is 13.0 Å². The van der Waals surface area contributed by atoms with Gasteiger partial charge in [-0.15, -0.1) is 0 Å². The van der Waals surface area contributed by atoms with Crippen molar-refractivity contribution in [1.82, 2.24) is 10.2 Å². The largest absolute Gasteiger partial charge is 0.492 e. The first-order valence-electron chi connectivity index (χ1n) is 17.6. The third-order valence-corrected chi connectivity index (χ3v) is 13.6. The molecule has 3 N–H and O–H groups in total. The minimum absolute atomic E-state index is 0.0104. The first kappa shape index (κ1) is 39.1. The minimum Gasteiger partial charge on any atom is -0.492 e. The Morgan fingerprint density at radius 2 is 1.56 bits per heavy atom. The van der Waals surface area contributed by atoms with Crippen LogP contribution < -0.4 is 15.4 Å². The quantitative estimate of drug-likeness (QED) is 0.174. The highest BCUT2D eigenvalue weighted by atomic mass is 32.3. The van der Waals surface area contributed by atoms with Crippen LogP contribution in [0.1, 0.15) is 99.9 Å². The smallest absolute Gasteiger partial charge is 0.322 e. The van der Waals surface area contributed by atoms with Crippen LogP contribution >= 0.6 is 0 Å². The Morgan fingerprint density at radius 1 is 0.900 bits per heavy atom. The van der Waals surface area contributed by atoms with Crippen molar-refractivity contribution in [3.63, 3.8) is 0 Å². The first-order chi connectivity index (χ1) is 23.8. The summed E-state index contributed by atoms with van der Waals surface area (Å²) in [7, 11) is -8.20. The Kier molecular flexibility index (Phi) is 14.1. The van der Waals surface area contributed by atoms with Crippen LogP contribution in [-0.4, -0.2) is 75.3 Å². The molecule has 3 amide bonds. The number of carboxylic acids is 1. The molecular weight excluding hydrogens is 683 g/mol. The van der Waals surface area contributed by atoms with Crippen LogP contribution in [-0.2, 0) is 31.0 Å². The number of nitrogens with one attached hydrogen (secondary N) is 2. The zero-order chi connectivity index (χ0) is 36.3. The Morgan fingerprint density at radius 3 is 2.18 bits per heavy atom. The highest BCUT2D eigenvalue weighted by molar-refractivity contribution is 8.07. The van der Waals surface area contributed by atoms with Gasteiger partial charge in [0.1, 0.15) is 10.6 Å². The molecule has 0 aromatic heterocycles. The molecule has 12 nitrogen and oxygen atoms in total. The van der Waals surface area contributed by atoms with Gasteiger partial charge in [-0.05, 0) is 79.8 Å². The number of benzene rings is 2. The van der Waals surface area contributed by atoms with Crippen molar-refractivity contribution in [1.29, 1.82) is 0 Å². The van der Waals surface area contributed by atoms with E-state index < -0.39 is 42.7 Å². The Balaban J connectivity index is 1.56. The van der Waals surface area contributed by atoms with Gasteiger partial charge in [-0.25, -0.2) is 21.6 Å². The Hall–Kier alpha value is -3.65. The zero-order valence-corrected chi connectivity index (χ0v) is 30.7. The summed E-state index contributed by atoms with van der Waals surface area (Å²) in [5.74, 6) is 0.00170. The molecule has 2 aliphatic rings. The number of hydrogen-bond donors (Lipinski definition) is 3. The van der Waals surface area contributed by atoms with Crippen molar-refractivity contribution >= 4 is 43.3 Å². The molecule has 0 radical (unpaired) electrons. The van der Waals surface area contributed by atoms with Gasteiger partial charge in [-0.1, -0.05) is 57.6 Å². The van der Waals surface area contributed by atoms with E-state index in [9.17, 15) is 31.2 Å². The van der Waals surface area contributed by atoms with E-state index in [-0.39, 0.29) is 48.5 Å². The number of rotatable bonds is 16. The minimum atomic E-state index is -4.31. The van der Waals surface area contributed by atoms with E-state index in [0.717, 1.165) is 49.8 Å². The standard InChI is InChI=1S/C36H51N3O9S2/c1-3-4-22-48-32-19-16-30(23-33(32)50(46,47)25-49(2,44)45)38-36(43)39(31-17-14-28(15-18-31)27-8-6-5-7-9-27)24-26-10-12-29(13-11-26)35(42)37-21-20-34(40)41/h10-13,16,19,23,27-28,31H,3-9,14-15,17-18,20-22,24-25H2,1-2H3,(H,37,42)(H,38,43)(H,40,41). The number of aliphatic carboxylic acids is 1. The van der Waals surface area contributed by atoms with Crippen LogP contribution in [0.25, 0.3) is 0 Å². The van der Waals surface area contributed by atoms with Crippen LogP contribution in [0.2, 0.25) is 0 Å². The number of ether oxygens (including phenoxy) is 1. The van der Waals surface area contributed by atoms with Crippen LogP contribution in [0, 0.1) is 11.8 Å². The maximum atomic E-state index is 14.1. The number of carbonyl (C=O) groups is 3. The molecule has 50 heavy (non-hydrogen) atoms. The van der Waals surface area contributed by atoms with Gasteiger partial charge in [0.15, 0.2) is 24.8 Å². The normalized spacial score (nSPS) is 18.6. The van der Waals surface area contributed by atoms with Crippen molar-refractivity contribution in [2.75, 3.05) is 29.8 Å².